The first-order chi connectivity index (χ1) is 7.80. The first-order valence-electron chi connectivity index (χ1n) is 5.33. The van der Waals surface area contributed by atoms with Gasteiger partial charge in [0, 0.05) is 0 Å². The van der Waals surface area contributed by atoms with Crippen molar-refractivity contribution in [3.63, 3.8) is 0 Å². The molecule has 0 saturated carbocycles. The summed E-state index contributed by atoms with van der Waals surface area (Å²) in [5, 5.41) is 29.3. The van der Waals surface area contributed by atoms with E-state index in [-0.39, 0.29) is 25.6 Å². The van der Waals surface area contributed by atoms with Crippen LogP contribution in [0.15, 0.2) is 0 Å². The van der Waals surface area contributed by atoms with E-state index < -0.39 is 15.7 Å². The van der Waals surface area contributed by atoms with E-state index >= 15 is 0 Å². The highest BCUT2D eigenvalue weighted by atomic mass is 32.2. The number of hydrogen-bond acceptors (Lipinski definition) is 6. The van der Waals surface area contributed by atoms with E-state index in [9.17, 15) is 8.42 Å². The molecule has 0 rings (SSSR count). The molecule has 17 heavy (non-hydrogen) atoms. The fourth-order valence-electron chi connectivity index (χ4n) is 0.708. The topological polar surface area (TPSA) is 127 Å². The molecule has 0 aromatic rings. The van der Waals surface area contributed by atoms with Crippen LogP contribution in [0.4, 0.5) is 0 Å². The Balaban J connectivity index is 0. The third-order valence-electron chi connectivity index (χ3n) is 2.02. The van der Waals surface area contributed by atoms with Gasteiger partial charge in [0.25, 0.3) is 10.1 Å². The van der Waals surface area contributed by atoms with Gasteiger partial charge in [-0.15, -0.1) is 0 Å². The summed E-state index contributed by atoms with van der Waals surface area (Å²) in [7, 11) is -3.66. The standard InChI is InChI=1S/C7H17NO3.C2H6O3S/c1-2-3-8-7(4-9,5-10)6-11;1-2-6(3,4)5/h8-11H,2-6H2,1H3;2H2,1H3,(H,3,4,5). The maximum atomic E-state index is 9.56. The summed E-state index contributed by atoms with van der Waals surface area (Å²) >= 11 is 0. The summed E-state index contributed by atoms with van der Waals surface area (Å²) in [6, 6.07) is 0. The van der Waals surface area contributed by atoms with E-state index in [0.717, 1.165) is 6.42 Å². The molecule has 7 nitrogen and oxygen atoms in total. The molecule has 5 N–H and O–H groups in total. The lowest BCUT2D eigenvalue weighted by Crippen LogP contribution is -2.54. The first kappa shape index (κ1) is 19.1. The fraction of sp³-hybridized carbons (Fsp3) is 1.00. The minimum Gasteiger partial charge on any atom is -0.394 e. The van der Waals surface area contributed by atoms with Gasteiger partial charge < -0.3 is 20.6 Å². The monoisotopic (exact) mass is 273 g/mol. The van der Waals surface area contributed by atoms with Crippen molar-refractivity contribution < 1.29 is 28.3 Å². The molecule has 0 amide bonds. The van der Waals surface area contributed by atoms with Gasteiger partial charge in [0.1, 0.15) is 0 Å². The second-order valence-corrected chi connectivity index (χ2v) is 5.29. The number of hydrogen-bond donors (Lipinski definition) is 5. The summed E-state index contributed by atoms with van der Waals surface area (Å²) in [5.41, 5.74) is -0.907. The molecule has 0 bridgehead atoms. The third-order valence-corrected chi connectivity index (χ3v) is 2.75. The molecule has 0 saturated heterocycles. The van der Waals surface area contributed by atoms with Gasteiger partial charge in [-0.05, 0) is 19.9 Å². The van der Waals surface area contributed by atoms with Crippen LogP contribution in [0.3, 0.4) is 0 Å². The molecule has 106 valence electrons. The molecule has 0 radical (unpaired) electrons. The Morgan fingerprint density at radius 2 is 1.41 bits per heavy atom. The summed E-state index contributed by atoms with van der Waals surface area (Å²) in [6.07, 6.45) is 0.905. The zero-order chi connectivity index (χ0) is 13.9. The van der Waals surface area contributed by atoms with E-state index in [4.69, 9.17) is 19.9 Å². The molecule has 0 aromatic heterocycles. The largest absolute Gasteiger partial charge is 0.394 e. The van der Waals surface area contributed by atoms with Crippen molar-refractivity contribution in [3.05, 3.63) is 0 Å². The van der Waals surface area contributed by atoms with Crippen LogP contribution in [0.2, 0.25) is 0 Å². The van der Waals surface area contributed by atoms with E-state index in [2.05, 4.69) is 5.32 Å². The summed E-state index contributed by atoms with van der Waals surface area (Å²) < 4.78 is 26.9. The summed E-state index contributed by atoms with van der Waals surface area (Å²) in [5.74, 6) is -0.201. The average Bonchev–Trinajstić information content (AvgIpc) is 2.32. The lowest BCUT2D eigenvalue weighted by Gasteiger charge is -2.28. The van der Waals surface area contributed by atoms with Gasteiger partial charge in [0.05, 0.1) is 31.1 Å². The molecular formula is C9H23NO6S. The Hall–Kier alpha value is -0.250. The normalized spacial score (nSPS) is 11.9. The number of rotatable bonds is 7. The minimum absolute atomic E-state index is 0.201. The molecule has 0 aliphatic rings. The molecule has 0 atom stereocenters. The molecule has 0 aromatic carbocycles. The highest BCUT2D eigenvalue weighted by Gasteiger charge is 2.26. The second-order valence-electron chi connectivity index (χ2n) is 3.55. The van der Waals surface area contributed by atoms with Crippen LogP contribution in [0.25, 0.3) is 0 Å². The van der Waals surface area contributed by atoms with Crippen molar-refractivity contribution in [2.24, 2.45) is 0 Å². The molecule has 0 aliphatic carbocycles. The van der Waals surface area contributed by atoms with Crippen molar-refractivity contribution in [2.45, 2.75) is 25.8 Å². The molecule has 0 aliphatic heterocycles. The molecular weight excluding hydrogens is 250 g/mol. The summed E-state index contributed by atoms with van der Waals surface area (Å²) in [6.45, 7) is 3.28. The van der Waals surface area contributed by atoms with Gasteiger partial charge in [-0.3, -0.25) is 4.55 Å². The predicted octanol–water partition coefficient (Wildman–Crippen LogP) is -1.40. The van der Waals surface area contributed by atoms with Gasteiger partial charge in [-0.25, -0.2) is 0 Å². The van der Waals surface area contributed by atoms with Gasteiger partial charge >= 0.3 is 0 Å². The highest BCUT2D eigenvalue weighted by Crippen LogP contribution is 2.00. The lowest BCUT2D eigenvalue weighted by atomic mass is 10.0. The van der Waals surface area contributed by atoms with Gasteiger partial charge in [-0.2, -0.15) is 8.42 Å². The zero-order valence-electron chi connectivity index (χ0n) is 10.3. The van der Waals surface area contributed by atoms with Crippen LogP contribution in [0.1, 0.15) is 20.3 Å². The van der Waals surface area contributed by atoms with Crippen LogP contribution in [0, 0.1) is 0 Å². The van der Waals surface area contributed by atoms with Crippen LogP contribution in [-0.4, -0.2) is 65.9 Å². The van der Waals surface area contributed by atoms with E-state index in [0.29, 0.717) is 6.54 Å². The van der Waals surface area contributed by atoms with Crippen LogP contribution >= 0.6 is 0 Å². The Bertz CT molecular complexity index is 254. The summed E-state index contributed by atoms with van der Waals surface area (Å²) in [4.78, 5) is 0. The van der Waals surface area contributed by atoms with Gasteiger partial charge in [-0.1, -0.05) is 6.92 Å². The second kappa shape index (κ2) is 9.75. The van der Waals surface area contributed by atoms with Crippen LogP contribution < -0.4 is 5.32 Å². The predicted molar refractivity (Wildman–Crippen MR) is 64.4 cm³/mol. The number of nitrogens with one attached hydrogen (secondary N) is 1. The number of aliphatic hydroxyl groups excluding tert-OH is 3. The SMILES string of the molecule is CCCNC(CO)(CO)CO.CCS(=O)(=O)O. The molecule has 0 spiro atoms. The lowest BCUT2D eigenvalue weighted by molar-refractivity contribution is 0.0429. The minimum atomic E-state index is -3.66. The molecule has 0 heterocycles. The fourth-order valence-corrected chi connectivity index (χ4v) is 0.708. The number of aliphatic hydroxyl groups is 3. The molecule has 8 heteroatoms. The Morgan fingerprint density at radius 1 is 1.06 bits per heavy atom. The quantitative estimate of drug-likeness (QED) is 0.361. The Labute approximate surface area is 102 Å². The van der Waals surface area contributed by atoms with Crippen LogP contribution in [-0.2, 0) is 10.1 Å². The molecule has 0 unspecified atom stereocenters. The third kappa shape index (κ3) is 10.6. The average molecular weight is 273 g/mol. The first-order valence-corrected chi connectivity index (χ1v) is 6.94. The maximum Gasteiger partial charge on any atom is 0.264 e. The van der Waals surface area contributed by atoms with Gasteiger partial charge in [0.15, 0.2) is 0 Å². The highest BCUT2D eigenvalue weighted by molar-refractivity contribution is 7.85. The van der Waals surface area contributed by atoms with Crippen molar-refractivity contribution in [1.29, 1.82) is 0 Å². The van der Waals surface area contributed by atoms with E-state index in [1.54, 1.807) is 0 Å². The van der Waals surface area contributed by atoms with Crippen molar-refractivity contribution in [2.75, 3.05) is 32.1 Å². The maximum absolute atomic E-state index is 9.56. The van der Waals surface area contributed by atoms with Crippen molar-refractivity contribution >= 4 is 10.1 Å². The van der Waals surface area contributed by atoms with Crippen molar-refractivity contribution in [1.82, 2.24) is 5.32 Å². The zero-order valence-corrected chi connectivity index (χ0v) is 11.1. The van der Waals surface area contributed by atoms with E-state index in [1.165, 1.54) is 6.92 Å². The Kier molecular flexibility index (Phi) is 10.9. The Morgan fingerprint density at radius 3 is 1.59 bits per heavy atom. The van der Waals surface area contributed by atoms with E-state index in [1.807, 2.05) is 6.92 Å². The molecule has 0 fully saturated rings. The van der Waals surface area contributed by atoms with Crippen molar-refractivity contribution in [3.8, 4) is 0 Å². The van der Waals surface area contributed by atoms with Gasteiger partial charge in [0.2, 0.25) is 0 Å². The smallest absolute Gasteiger partial charge is 0.264 e. The van der Waals surface area contributed by atoms with Crippen LogP contribution in [0.5, 0.6) is 0 Å².